The molecule has 6 nitrogen and oxygen atoms in total. The number of ether oxygens (including phenoxy) is 1. The van der Waals surface area contributed by atoms with E-state index in [2.05, 4.69) is 0 Å². The summed E-state index contributed by atoms with van der Waals surface area (Å²) in [5.41, 5.74) is -0.780. The number of phenolic OH excluding ortho intramolecular Hbond substituents is 1. The number of carbonyl (C=O) groups excluding carboxylic acids is 1. The average Bonchev–Trinajstić information content (AvgIpc) is 2.86. The number of aliphatic hydroxyl groups excluding tert-OH is 1. The number of Topliss-reactive ketones (excluding diaryl/α,β-unsaturated/α-hetero) is 1. The second-order valence-electron chi connectivity index (χ2n) is 7.36. The Labute approximate surface area is 133 Å². The Hall–Kier alpha value is -1.63. The molecule has 1 unspecified atom stereocenters. The Morgan fingerprint density at radius 1 is 1.35 bits per heavy atom. The van der Waals surface area contributed by atoms with E-state index in [1.54, 1.807) is 6.07 Å². The molecule has 6 heteroatoms. The first-order valence-corrected chi connectivity index (χ1v) is 8.08. The van der Waals surface area contributed by atoms with Gasteiger partial charge < -0.3 is 20.1 Å². The number of carbonyl (C=O) groups is 1. The monoisotopic (exact) mass is 317 g/mol. The number of ketones is 1. The second-order valence-corrected chi connectivity index (χ2v) is 7.36. The van der Waals surface area contributed by atoms with Gasteiger partial charge in [0.1, 0.15) is 0 Å². The minimum Gasteiger partial charge on any atom is -0.504 e. The fourth-order valence-electron chi connectivity index (χ4n) is 5.63. The van der Waals surface area contributed by atoms with Gasteiger partial charge in [-0.2, -0.15) is 0 Å². The van der Waals surface area contributed by atoms with Crippen LogP contribution in [-0.2, 0) is 10.2 Å². The van der Waals surface area contributed by atoms with Gasteiger partial charge in [-0.05, 0) is 38.1 Å². The lowest BCUT2D eigenvalue weighted by atomic mass is 9.48. The zero-order chi connectivity index (χ0) is 16.1. The predicted octanol–water partition coefficient (Wildman–Crippen LogP) is 0.236. The largest absolute Gasteiger partial charge is 0.504 e. The van der Waals surface area contributed by atoms with Crippen LogP contribution in [0.3, 0.4) is 0 Å². The molecule has 23 heavy (non-hydrogen) atoms. The molecule has 1 saturated heterocycles. The zero-order valence-corrected chi connectivity index (χ0v) is 12.8. The minimum atomic E-state index is -1.23. The molecule has 1 spiro atoms. The van der Waals surface area contributed by atoms with Gasteiger partial charge in [-0.25, -0.2) is 0 Å². The molecule has 2 aliphatic carbocycles. The van der Waals surface area contributed by atoms with Crippen molar-refractivity contribution in [3.05, 3.63) is 23.3 Å². The van der Waals surface area contributed by atoms with E-state index in [1.807, 2.05) is 11.9 Å². The van der Waals surface area contributed by atoms with E-state index in [9.17, 15) is 20.1 Å². The van der Waals surface area contributed by atoms with Crippen LogP contribution in [0.5, 0.6) is 11.5 Å². The third-order valence-corrected chi connectivity index (χ3v) is 6.56. The average molecular weight is 317 g/mol. The highest BCUT2D eigenvalue weighted by Gasteiger charge is 2.74. The molecular weight excluding hydrogens is 298 g/mol. The molecule has 4 aliphatic rings. The van der Waals surface area contributed by atoms with Crippen LogP contribution in [0, 0.1) is 0 Å². The maximum Gasteiger partial charge on any atom is 0.174 e. The van der Waals surface area contributed by atoms with Crippen molar-refractivity contribution >= 4 is 5.78 Å². The van der Waals surface area contributed by atoms with Crippen LogP contribution in [0.15, 0.2) is 12.1 Å². The summed E-state index contributed by atoms with van der Waals surface area (Å²) in [7, 11) is 1.90. The Balaban J connectivity index is 1.91. The first-order valence-electron chi connectivity index (χ1n) is 8.08. The van der Waals surface area contributed by atoms with Crippen molar-refractivity contribution in [1.29, 1.82) is 0 Å². The minimum absolute atomic E-state index is 0.0316. The first kappa shape index (κ1) is 13.8. The number of hydrogen-bond acceptors (Lipinski definition) is 6. The van der Waals surface area contributed by atoms with E-state index in [-0.39, 0.29) is 23.7 Å². The van der Waals surface area contributed by atoms with E-state index < -0.39 is 29.3 Å². The molecule has 2 bridgehead atoms. The molecule has 1 aromatic rings. The number of benzene rings is 1. The van der Waals surface area contributed by atoms with Gasteiger partial charge in [0.2, 0.25) is 0 Å². The van der Waals surface area contributed by atoms with Gasteiger partial charge in [0.25, 0.3) is 0 Å². The Morgan fingerprint density at radius 2 is 2.13 bits per heavy atom. The molecule has 1 aromatic carbocycles. The fourth-order valence-corrected chi connectivity index (χ4v) is 5.63. The van der Waals surface area contributed by atoms with Crippen molar-refractivity contribution in [2.75, 3.05) is 13.6 Å². The number of aliphatic hydroxyl groups is 2. The smallest absolute Gasteiger partial charge is 0.174 e. The molecule has 2 heterocycles. The number of piperidine rings is 1. The van der Waals surface area contributed by atoms with Gasteiger partial charge in [0, 0.05) is 12.0 Å². The van der Waals surface area contributed by atoms with Crippen LogP contribution < -0.4 is 4.74 Å². The van der Waals surface area contributed by atoms with Crippen LogP contribution in [0.2, 0.25) is 0 Å². The topological polar surface area (TPSA) is 90.2 Å². The summed E-state index contributed by atoms with van der Waals surface area (Å²) in [4.78, 5) is 14.5. The molecule has 1 saturated carbocycles. The standard InChI is InChI=1S/C17H19NO5/c1-18-7-6-16-11-8-2-3-9(19)13(11)23-15(16)10(20)4-5-17(16,22)14(18)12(8)21/h2-3,12,14-15,19,21-22H,4-7H2,1H3/t12?,14-,15-,16+,17-/m1/s1. The third kappa shape index (κ3) is 1.24. The van der Waals surface area contributed by atoms with Crippen molar-refractivity contribution in [1.82, 2.24) is 4.90 Å². The summed E-state index contributed by atoms with van der Waals surface area (Å²) < 4.78 is 5.88. The van der Waals surface area contributed by atoms with E-state index in [4.69, 9.17) is 4.74 Å². The van der Waals surface area contributed by atoms with Gasteiger partial charge in [0.05, 0.1) is 23.2 Å². The molecule has 122 valence electrons. The highest BCUT2D eigenvalue weighted by Crippen LogP contribution is 2.66. The van der Waals surface area contributed by atoms with E-state index in [0.717, 1.165) is 0 Å². The first-order chi connectivity index (χ1) is 10.9. The quantitative estimate of drug-likeness (QED) is 0.635. The fraction of sp³-hybridized carbons (Fsp3) is 0.588. The van der Waals surface area contributed by atoms with Gasteiger partial charge >= 0.3 is 0 Å². The highest BCUT2D eigenvalue weighted by molar-refractivity contribution is 5.90. The Kier molecular flexibility index (Phi) is 2.33. The van der Waals surface area contributed by atoms with Gasteiger partial charge in [-0.15, -0.1) is 0 Å². The zero-order valence-electron chi connectivity index (χ0n) is 12.8. The van der Waals surface area contributed by atoms with Crippen molar-refractivity contribution < 1.29 is 24.9 Å². The van der Waals surface area contributed by atoms with Crippen LogP contribution in [0.4, 0.5) is 0 Å². The Morgan fingerprint density at radius 3 is 2.91 bits per heavy atom. The van der Waals surface area contributed by atoms with Gasteiger partial charge in [0.15, 0.2) is 23.4 Å². The lowest BCUT2D eigenvalue weighted by Crippen LogP contribution is -2.76. The molecule has 2 fully saturated rings. The summed E-state index contributed by atoms with van der Waals surface area (Å²) in [5, 5.41) is 32.8. The maximum atomic E-state index is 12.5. The summed E-state index contributed by atoms with van der Waals surface area (Å²) >= 11 is 0. The third-order valence-electron chi connectivity index (χ3n) is 6.56. The molecule has 3 N–H and O–H groups in total. The van der Waals surface area contributed by atoms with E-state index in [1.165, 1.54) is 6.07 Å². The predicted molar refractivity (Wildman–Crippen MR) is 79.4 cm³/mol. The number of nitrogens with zero attached hydrogens (tertiary/aromatic N) is 1. The number of likely N-dealkylation sites (tertiary alicyclic amines) is 1. The molecule has 0 amide bonds. The maximum absolute atomic E-state index is 12.5. The number of hydrogen-bond donors (Lipinski definition) is 3. The summed E-state index contributed by atoms with van der Waals surface area (Å²) in [5.74, 6) is 0.200. The van der Waals surface area contributed by atoms with Gasteiger partial charge in [-0.1, -0.05) is 6.07 Å². The number of likely N-dealkylation sites (N-methyl/N-ethyl adjacent to an activating group) is 1. The van der Waals surface area contributed by atoms with Gasteiger partial charge in [-0.3, -0.25) is 9.69 Å². The summed E-state index contributed by atoms with van der Waals surface area (Å²) in [6.45, 7) is 0.658. The van der Waals surface area contributed by atoms with E-state index >= 15 is 0 Å². The van der Waals surface area contributed by atoms with Crippen molar-refractivity contribution in [3.63, 3.8) is 0 Å². The lowest BCUT2D eigenvalue weighted by molar-refractivity contribution is -0.206. The van der Waals surface area contributed by atoms with Crippen LogP contribution >= 0.6 is 0 Å². The SMILES string of the molecule is CN1CC[C@]23c4c5ccc(O)c4O[C@@H]2C(=O)CC[C@@]3(O)[C@H]1C5O. The molecule has 0 aromatic heterocycles. The number of aromatic hydroxyl groups is 1. The molecule has 2 aliphatic heterocycles. The number of phenols is 1. The van der Waals surface area contributed by atoms with Crippen LogP contribution in [-0.4, -0.2) is 57.3 Å². The Bertz CT molecular complexity index is 749. The lowest BCUT2D eigenvalue weighted by Gasteiger charge is -2.63. The summed E-state index contributed by atoms with van der Waals surface area (Å²) in [6, 6.07) is 2.71. The normalized spacial score (nSPS) is 44.0. The highest BCUT2D eigenvalue weighted by atomic mass is 16.5. The van der Waals surface area contributed by atoms with E-state index in [0.29, 0.717) is 30.5 Å². The van der Waals surface area contributed by atoms with Crippen LogP contribution in [0.1, 0.15) is 36.5 Å². The molecule has 0 radical (unpaired) electrons. The summed E-state index contributed by atoms with van der Waals surface area (Å²) in [6.07, 6.45) is -0.533. The van der Waals surface area contributed by atoms with Crippen molar-refractivity contribution in [2.45, 2.75) is 48.5 Å². The molecule has 5 atom stereocenters. The number of rotatable bonds is 0. The molecular formula is C17H19NO5. The molecule has 5 rings (SSSR count). The van der Waals surface area contributed by atoms with Crippen molar-refractivity contribution in [3.8, 4) is 11.5 Å². The second kappa shape index (κ2) is 3.88. The van der Waals surface area contributed by atoms with Crippen molar-refractivity contribution in [2.24, 2.45) is 0 Å². The van der Waals surface area contributed by atoms with Crippen LogP contribution in [0.25, 0.3) is 0 Å².